The summed E-state index contributed by atoms with van der Waals surface area (Å²) in [6.45, 7) is 3.22. The van der Waals surface area contributed by atoms with Crippen LogP contribution < -0.4 is 0 Å². The number of rotatable bonds is 3. The molecule has 1 aromatic carbocycles. The highest BCUT2D eigenvalue weighted by molar-refractivity contribution is 6.31. The summed E-state index contributed by atoms with van der Waals surface area (Å²) in [6.07, 6.45) is -0.186. The van der Waals surface area contributed by atoms with Crippen LogP contribution in [0.1, 0.15) is 30.4 Å². The van der Waals surface area contributed by atoms with Crippen molar-refractivity contribution < 1.29 is 19.4 Å². The Morgan fingerprint density at radius 2 is 2.19 bits per heavy atom. The lowest BCUT2D eigenvalue weighted by molar-refractivity contribution is -0.137. The minimum Gasteiger partial charge on any atom is -0.505 e. The molecule has 0 bridgehead atoms. The van der Waals surface area contributed by atoms with Gasteiger partial charge in [-0.25, -0.2) is 4.39 Å². The van der Waals surface area contributed by atoms with E-state index in [4.69, 9.17) is 16.7 Å². The van der Waals surface area contributed by atoms with Crippen LogP contribution in [-0.4, -0.2) is 16.2 Å². The van der Waals surface area contributed by atoms with Crippen molar-refractivity contribution in [1.82, 2.24) is 0 Å². The van der Waals surface area contributed by atoms with Crippen molar-refractivity contribution in [1.29, 1.82) is 0 Å². The van der Waals surface area contributed by atoms with Gasteiger partial charge in [0, 0.05) is 10.6 Å². The van der Waals surface area contributed by atoms with E-state index in [9.17, 15) is 14.3 Å². The van der Waals surface area contributed by atoms with Gasteiger partial charge in [-0.1, -0.05) is 18.5 Å². The number of hydrogen-bond acceptors (Lipinski definition) is 2. The SMILES string of the molecule is Cc1c(Cl)cc(F)c(O)c1C(C)CC(=O)O. The van der Waals surface area contributed by atoms with E-state index in [1.165, 1.54) is 0 Å². The van der Waals surface area contributed by atoms with Gasteiger partial charge in [-0.15, -0.1) is 0 Å². The standard InChI is InChI=1S/C11H12ClFO3/c1-5(3-9(14)15)10-6(2)7(12)4-8(13)11(10)16/h4-5,16H,3H2,1-2H3,(H,14,15). The third-order valence-corrected chi connectivity index (χ3v) is 2.86. The molecule has 0 fully saturated rings. The number of aromatic hydroxyl groups is 1. The third kappa shape index (κ3) is 2.44. The number of aliphatic carboxylic acids is 1. The summed E-state index contributed by atoms with van der Waals surface area (Å²) in [5.74, 6) is -2.85. The molecule has 5 heteroatoms. The van der Waals surface area contributed by atoms with Gasteiger partial charge in [0.2, 0.25) is 0 Å². The van der Waals surface area contributed by atoms with Gasteiger partial charge >= 0.3 is 5.97 Å². The summed E-state index contributed by atoms with van der Waals surface area (Å²) >= 11 is 5.77. The maximum Gasteiger partial charge on any atom is 0.303 e. The second-order valence-corrected chi connectivity index (χ2v) is 4.13. The van der Waals surface area contributed by atoms with Crippen LogP contribution in [0.15, 0.2) is 6.07 Å². The summed E-state index contributed by atoms with van der Waals surface area (Å²) in [7, 11) is 0. The van der Waals surface area contributed by atoms with Gasteiger partial charge in [-0.2, -0.15) is 0 Å². The van der Waals surface area contributed by atoms with Crippen molar-refractivity contribution in [3.05, 3.63) is 28.0 Å². The molecule has 0 amide bonds. The van der Waals surface area contributed by atoms with Gasteiger partial charge in [0.05, 0.1) is 6.42 Å². The Kier molecular flexibility index (Phi) is 3.75. The lowest BCUT2D eigenvalue weighted by Crippen LogP contribution is -2.06. The van der Waals surface area contributed by atoms with Gasteiger partial charge in [0.15, 0.2) is 11.6 Å². The highest BCUT2D eigenvalue weighted by atomic mass is 35.5. The molecule has 0 aliphatic rings. The highest BCUT2D eigenvalue weighted by Crippen LogP contribution is 2.36. The number of benzene rings is 1. The van der Waals surface area contributed by atoms with Crippen LogP contribution in [0.3, 0.4) is 0 Å². The molecule has 0 saturated heterocycles. The minimum atomic E-state index is -1.01. The zero-order valence-electron chi connectivity index (χ0n) is 8.92. The van der Waals surface area contributed by atoms with Crippen molar-refractivity contribution in [3.63, 3.8) is 0 Å². The first-order valence-electron chi connectivity index (χ1n) is 4.73. The number of hydrogen-bond donors (Lipinski definition) is 2. The molecular formula is C11H12ClFO3. The predicted molar refractivity (Wildman–Crippen MR) is 58.5 cm³/mol. The van der Waals surface area contributed by atoms with Crippen LogP contribution in [-0.2, 0) is 4.79 Å². The third-order valence-electron chi connectivity index (χ3n) is 2.47. The molecule has 1 atom stereocenters. The average molecular weight is 247 g/mol. The number of carbonyl (C=O) groups is 1. The number of carboxylic acid groups (broad SMARTS) is 1. The first kappa shape index (κ1) is 12.8. The summed E-state index contributed by atoms with van der Waals surface area (Å²) in [6, 6.07) is 1.02. The Balaban J connectivity index is 3.26. The topological polar surface area (TPSA) is 57.5 Å². The number of phenolic OH excluding ortho intramolecular Hbond substituents is 1. The van der Waals surface area contributed by atoms with Gasteiger partial charge in [0.25, 0.3) is 0 Å². The maximum absolute atomic E-state index is 13.2. The second-order valence-electron chi connectivity index (χ2n) is 3.73. The fourth-order valence-corrected chi connectivity index (χ4v) is 1.89. The first-order valence-corrected chi connectivity index (χ1v) is 5.11. The molecule has 0 radical (unpaired) electrons. The van der Waals surface area contributed by atoms with Gasteiger partial charge in [0.1, 0.15) is 0 Å². The molecule has 0 spiro atoms. The summed E-state index contributed by atoms with van der Waals surface area (Å²) in [5, 5.41) is 18.4. The fraction of sp³-hybridized carbons (Fsp3) is 0.364. The average Bonchev–Trinajstić information content (AvgIpc) is 2.14. The molecule has 0 aromatic heterocycles. The van der Waals surface area contributed by atoms with E-state index in [-0.39, 0.29) is 17.0 Å². The molecule has 0 saturated carbocycles. The minimum absolute atomic E-state index is 0.183. The van der Waals surface area contributed by atoms with Gasteiger partial charge in [-0.3, -0.25) is 4.79 Å². The highest BCUT2D eigenvalue weighted by Gasteiger charge is 2.21. The van der Waals surface area contributed by atoms with Crippen LogP contribution in [0.2, 0.25) is 5.02 Å². The van der Waals surface area contributed by atoms with Crippen LogP contribution >= 0.6 is 11.6 Å². The lowest BCUT2D eigenvalue weighted by Gasteiger charge is -2.16. The summed E-state index contributed by atoms with van der Waals surface area (Å²) in [5.41, 5.74) is 0.765. The van der Waals surface area contributed by atoms with Crippen molar-refractivity contribution >= 4 is 17.6 Å². The fourth-order valence-electron chi connectivity index (χ4n) is 1.69. The monoisotopic (exact) mass is 246 g/mol. The van der Waals surface area contributed by atoms with Crippen LogP contribution in [0.25, 0.3) is 0 Å². The number of halogens is 2. The van der Waals surface area contributed by atoms with E-state index in [1.54, 1.807) is 13.8 Å². The molecule has 1 aromatic rings. The van der Waals surface area contributed by atoms with Crippen molar-refractivity contribution in [3.8, 4) is 5.75 Å². The zero-order valence-corrected chi connectivity index (χ0v) is 9.68. The van der Waals surface area contributed by atoms with Crippen molar-refractivity contribution in [2.45, 2.75) is 26.2 Å². The Morgan fingerprint density at radius 3 is 2.69 bits per heavy atom. The van der Waals surface area contributed by atoms with Gasteiger partial charge < -0.3 is 10.2 Å². The van der Waals surface area contributed by atoms with Crippen molar-refractivity contribution in [2.75, 3.05) is 0 Å². The molecule has 1 unspecified atom stereocenters. The van der Waals surface area contributed by atoms with E-state index in [0.717, 1.165) is 6.07 Å². The quantitative estimate of drug-likeness (QED) is 0.862. The zero-order chi connectivity index (χ0) is 12.5. The van der Waals surface area contributed by atoms with E-state index >= 15 is 0 Å². The Bertz CT molecular complexity index is 405. The Morgan fingerprint density at radius 1 is 1.62 bits per heavy atom. The van der Waals surface area contributed by atoms with Crippen LogP contribution in [0.4, 0.5) is 4.39 Å². The molecule has 16 heavy (non-hydrogen) atoms. The predicted octanol–water partition coefficient (Wildman–Crippen LogP) is 3.07. The number of phenols is 1. The molecule has 0 aliphatic heterocycles. The Hall–Kier alpha value is -1.29. The van der Waals surface area contributed by atoms with Gasteiger partial charge in [-0.05, 0) is 24.5 Å². The van der Waals surface area contributed by atoms with E-state index in [0.29, 0.717) is 5.56 Å². The van der Waals surface area contributed by atoms with Crippen LogP contribution in [0, 0.1) is 12.7 Å². The molecule has 0 heterocycles. The van der Waals surface area contributed by atoms with Crippen LogP contribution in [0.5, 0.6) is 5.75 Å². The molecule has 3 nitrogen and oxygen atoms in total. The molecule has 88 valence electrons. The molecule has 2 N–H and O–H groups in total. The smallest absolute Gasteiger partial charge is 0.303 e. The Labute approximate surface area is 97.5 Å². The summed E-state index contributed by atoms with van der Waals surface area (Å²) < 4.78 is 13.2. The van der Waals surface area contributed by atoms with E-state index in [2.05, 4.69) is 0 Å². The van der Waals surface area contributed by atoms with E-state index in [1.807, 2.05) is 0 Å². The van der Waals surface area contributed by atoms with E-state index < -0.39 is 23.5 Å². The number of carboxylic acids is 1. The van der Waals surface area contributed by atoms with Crippen molar-refractivity contribution in [2.24, 2.45) is 0 Å². The summed E-state index contributed by atoms with van der Waals surface area (Å²) in [4.78, 5) is 10.6. The largest absolute Gasteiger partial charge is 0.505 e. The first-order chi connectivity index (χ1) is 7.34. The maximum atomic E-state index is 13.2. The lowest BCUT2D eigenvalue weighted by atomic mass is 9.92. The molecular weight excluding hydrogens is 235 g/mol. The molecule has 0 aliphatic carbocycles. The normalized spacial score (nSPS) is 12.5. The second kappa shape index (κ2) is 4.70. The molecule has 1 rings (SSSR count).